The van der Waals surface area contributed by atoms with Crippen LogP contribution >= 0.6 is 0 Å². The second-order valence-electron chi connectivity index (χ2n) is 5.99. The van der Waals surface area contributed by atoms with Gasteiger partial charge in [0.1, 0.15) is 0 Å². The number of piperidine rings is 1. The predicted molar refractivity (Wildman–Crippen MR) is 81.9 cm³/mol. The van der Waals surface area contributed by atoms with Gasteiger partial charge in [0.15, 0.2) is 0 Å². The number of rotatable bonds is 4. The number of benzene rings is 1. The number of morpholine rings is 1. The Labute approximate surface area is 122 Å². The summed E-state index contributed by atoms with van der Waals surface area (Å²) >= 11 is 0. The molecule has 3 heteroatoms. The lowest BCUT2D eigenvalue weighted by Crippen LogP contribution is -2.50. The van der Waals surface area contributed by atoms with E-state index in [0.717, 1.165) is 32.2 Å². The van der Waals surface area contributed by atoms with Crippen molar-refractivity contribution in [2.24, 2.45) is 5.92 Å². The van der Waals surface area contributed by atoms with Crippen molar-refractivity contribution in [2.45, 2.75) is 25.3 Å². The summed E-state index contributed by atoms with van der Waals surface area (Å²) in [5.41, 5.74) is 1.47. The zero-order valence-electron chi connectivity index (χ0n) is 12.3. The molecule has 2 fully saturated rings. The van der Waals surface area contributed by atoms with Gasteiger partial charge in [-0.3, -0.25) is 4.90 Å². The lowest BCUT2D eigenvalue weighted by atomic mass is 9.85. The molecule has 0 aliphatic carbocycles. The Hall–Kier alpha value is -0.900. The van der Waals surface area contributed by atoms with Gasteiger partial charge in [0.25, 0.3) is 0 Å². The van der Waals surface area contributed by atoms with Crippen LogP contribution in [0.5, 0.6) is 0 Å². The van der Waals surface area contributed by atoms with Crippen molar-refractivity contribution in [2.75, 3.05) is 39.4 Å². The highest BCUT2D eigenvalue weighted by molar-refractivity contribution is 5.16. The van der Waals surface area contributed by atoms with Gasteiger partial charge in [0, 0.05) is 19.1 Å². The highest BCUT2D eigenvalue weighted by atomic mass is 16.5. The Morgan fingerprint density at radius 2 is 1.80 bits per heavy atom. The van der Waals surface area contributed by atoms with Gasteiger partial charge in [-0.15, -0.1) is 0 Å². The number of nitrogens with zero attached hydrogens (tertiary/aromatic N) is 1. The van der Waals surface area contributed by atoms with E-state index >= 15 is 0 Å². The Bertz CT molecular complexity index is 365. The zero-order valence-corrected chi connectivity index (χ0v) is 12.3. The summed E-state index contributed by atoms with van der Waals surface area (Å²) in [6.07, 6.45) is 3.81. The average molecular weight is 274 g/mol. The molecule has 0 bridgehead atoms. The first kappa shape index (κ1) is 14.1. The quantitative estimate of drug-likeness (QED) is 0.908. The second kappa shape index (κ2) is 7.21. The Morgan fingerprint density at radius 1 is 1.10 bits per heavy atom. The maximum absolute atomic E-state index is 5.53. The molecule has 2 aliphatic heterocycles. The highest BCUT2D eigenvalue weighted by Crippen LogP contribution is 2.25. The summed E-state index contributed by atoms with van der Waals surface area (Å²) in [5.74, 6) is 0.828. The van der Waals surface area contributed by atoms with Gasteiger partial charge in [-0.25, -0.2) is 0 Å². The van der Waals surface area contributed by atoms with Crippen LogP contribution in [0.4, 0.5) is 0 Å². The van der Waals surface area contributed by atoms with Crippen LogP contribution in [0.1, 0.15) is 18.4 Å². The van der Waals surface area contributed by atoms with Crippen molar-refractivity contribution in [3.8, 4) is 0 Å². The maximum atomic E-state index is 5.53. The van der Waals surface area contributed by atoms with E-state index < -0.39 is 0 Å². The molecule has 0 amide bonds. The van der Waals surface area contributed by atoms with Crippen LogP contribution in [0.25, 0.3) is 0 Å². The molecule has 0 spiro atoms. The lowest BCUT2D eigenvalue weighted by molar-refractivity contribution is -0.00122. The third kappa shape index (κ3) is 3.60. The second-order valence-corrected chi connectivity index (χ2v) is 5.99. The molecule has 1 atom stereocenters. The van der Waals surface area contributed by atoms with E-state index in [2.05, 4.69) is 40.5 Å². The molecule has 3 rings (SSSR count). The fraction of sp³-hybridized carbons (Fsp3) is 0.647. The van der Waals surface area contributed by atoms with Gasteiger partial charge in [0.05, 0.1) is 13.2 Å². The van der Waals surface area contributed by atoms with E-state index in [1.54, 1.807) is 0 Å². The van der Waals surface area contributed by atoms with E-state index in [-0.39, 0.29) is 0 Å². The van der Waals surface area contributed by atoms with Gasteiger partial charge in [-0.1, -0.05) is 30.3 Å². The molecule has 0 saturated carbocycles. The minimum absolute atomic E-state index is 0.684. The molecule has 2 saturated heterocycles. The third-order valence-electron chi connectivity index (χ3n) is 4.73. The van der Waals surface area contributed by atoms with Crippen LogP contribution in [-0.4, -0.2) is 50.3 Å². The molecule has 110 valence electrons. The largest absolute Gasteiger partial charge is 0.379 e. The van der Waals surface area contributed by atoms with Crippen LogP contribution in [0.15, 0.2) is 30.3 Å². The first-order chi connectivity index (χ1) is 9.93. The van der Waals surface area contributed by atoms with Gasteiger partial charge in [-0.2, -0.15) is 0 Å². The number of hydrogen-bond donors (Lipinski definition) is 1. The molecular weight excluding hydrogens is 248 g/mol. The van der Waals surface area contributed by atoms with Gasteiger partial charge >= 0.3 is 0 Å². The molecule has 1 unspecified atom stereocenters. The van der Waals surface area contributed by atoms with Crippen molar-refractivity contribution in [1.82, 2.24) is 10.2 Å². The molecule has 3 nitrogen and oxygen atoms in total. The molecule has 1 aromatic rings. The van der Waals surface area contributed by atoms with Crippen molar-refractivity contribution < 1.29 is 4.74 Å². The molecule has 1 aromatic carbocycles. The fourth-order valence-electron chi connectivity index (χ4n) is 3.59. The molecule has 2 heterocycles. The molecular formula is C17H26N2O. The van der Waals surface area contributed by atoms with Crippen LogP contribution in [0.3, 0.4) is 0 Å². The van der Waals surface area contributed by atoms with Crippen molar-refractivity contribution in [1.29, 1.82) is 0 Å². The standard InChI is InChI=1S/C17H26N2O/c1-2-4-15(5-3-1)14-17(16-6-8-18-9-7-16)19-10-12-20-13-11-19/h1-5,16-18H,6-14H2. The number of ether oxygens (including phenoxy) is 1. The van der Waals surface area contributed by atoms with Crippen LogP contribution in [0, 0.1) is 5.92 Å². The maximum Gasteiger partial charge on any atom is 0.0594 e. The van der Waals surface area contributed by atoms with Crippen LogP contribution in [-0.2, 0) is 11.2 Å². The van der Waals surface area contributed by atoms with Crippen molar-refractivity contribution in [3.63, 3.8) is 0 Å². The summed E-state index contributed by atoms with van der Waals surface area (Å²) in [4.78, 5) is 2.67. The monoisotopic (exact) mass is 274 g/mol. The molecule has 0 radical (unpaired) electrons. The molecule has 20 heavy (non-hydrogen) atoms. The zero-order chi connectivity index (χ0) is 13.6. The molecule has 2 aliphatic rings. The average Bonchev–Trinajstić information content (AvgIpc) is 2.55. The Kier molecular flexibility index (Phi) is 5.06. The first-order valence-electron chi connectivity index (χ1n) is 8.00. The van der Waals surface area contributed by atoms with E-state index in [1.807, 2.05) is 0 Å². The molecule has 0 aromatic heterocycles. The van der Waals surface area contributed by atoms with Crippen molar-refractivity contribution in [3.05, 3.63) is 35.9 Å². The smallest absolute Gasteiger partial charge is 0.0594 e. The highest BCUT2D eigenvalue weighted by Gasteiger charge is 2.29. The molecule has 1 N–H and O–H groups in total. The van der Waals surface area contributed by atoms with Crippen molar-refractivity contribution >= 4 is 0 Å². The van der Waals surface area contributed by atoms with Gasteiger partial charge in [-0.05, 0) is 43.8 Å². The number of hydrogen-bond acceptors (Lipinski definition) is 3. The predicted octanol–water partition coefficient (Wildman–Crippen LogP) is 1.93. The van der Waals surface area contributed by atoms with Crippen LogP contribution < -0.4 is 5.32 Å². The summed E-state index contributed by atoms with van der Waals surface area (Å²) in [7, 11) is 0. The first-order valence-corrected chi connectivity index (χ1v) is 8.00. The van der Waals surface area contributed by atoms with E-state index in [4.69, 9.17) is 4.74 Å². The topological polar surface area (TPSA) is 24.5 Å². The fourth-order valence-corrected chi connectivity index (χ4v) is 3.59. The third-order valence-corrected chi connectivity index (χ3v) is 4.73. The Balaban J connectivity index is 1.71. The van der Waals surface area contributed by atoms with Gasteiger partial charge < -0.3 is 10.1 Å². The lowest BCUT2D eigenvalue weighted by Gasteiger charge is -2.41. The summed E-state index contributed by atoms with van der Waals surface area (Å²) in [6, 6.07) is 11.7. The normalized spacial score (nSPS) is 23.6. The summed E-state index contributed by atoms with van der Waals surface area (Å²) in [5, 5.41) is 3.49. The summed E-state index contributed by atoms with van der Waals surface area (Å²) in [6.45, 7) is 6.36. The van der Waals surface area contributed by atoms with E-state index in [9.17, 15) is 0 Å². The Morgan fingerprint density at radius 3 is 2.50 bits per heavy atom. The minimum atomic E-state index is 0.684. The summed E-state index contributed by atoms with van der Waals surface area (Å²) < 4.78 is 5.53. The SMILES string of the molecule is c1ccc(CC(C2CCNCC2)N2CCOCC2)cc1. The minimum Gasteiger partial charge on any atom is -0.379 e. The van der Waals surface area contributed by atoms with E-state index in [0.29, 0.717) is 6.04 Å². The van der Waals surface area contributed by atoms with E-state index in [1.165, 1.54) is 37.9 Å². The van der Waals surface area contributed by atoms with Crippen LogP contribution in [0.2, 0.25) is 0 Å². The number of nitrogens with one attached hydrogen (secondary N) is 1. The van der Waals surface area contributed by atoms with Gasteiger partial charge in [0.2, 0.25) is 0 Å².